The first kappa shape index (κ1) is 11.5. The molecule has 0 radical (unpaired) electrons. The van der Waals surface area contributed by atoms with Crippen molar-refractivity contribution < 1.29 is 5.11 Å². The Morgan fingerprint density at radius 2 is 1.62 bits per heavy atom. The Morgan fingerprint density at radius 3 is 2.25 bits per heavy atom. The van der Waals surface area contributed by atoms with E-state index in [9.17, 15) is 5.11 Å². The van der Waals surface area contributed by atoms with E-state index in [1.807, 2.05) is 30.3 Å². The number of aliphatic hydroxyl groups excluding tert-OH is 1. The molecule has 0 aromatic heterocycles. The Bertz CT molecular complexity index is 483. The standard InChI is InChI=1S/C13H10Cl2O/c14-10-6-7-11(12(15)8-10)13(16)9-4-2-1-3-5-9/h1-8,13,16H/t13-/m1/s1. The quantitative estimate of drug-likeness (QED) is 0.855. The molecule has 0 heterocycles. The normalized spacial score (nSPS) is 12.4. The maximum absolute atomic E-state index is 10.1. The van der Waals surface area contributed by atoms with Gasteiger partial charge in [-0.1, -0.05) is 59.6 Å². The monoisotopic (exact) mass is 252 g/mol. The van der Waals surface area contributed by atoms with Crippen LogP contribution in [0.25, 0.3) is 0 Å². The largest absolute Gasteiger partial charge is 0.384 e. The maximum Gasteiger partial charge on any atom is 0.105 e. The smallest absolute Gasteiger partial charge is 0.105 e. The van der Waals surface area contributed by atoms with Crippen LogP contribution in [0.2, 0.25) is 10.0 Å². The van der Waals surface area contributed by atoms with Crippen LogP contribution in [0.15, 0.2) is 48.5 Å². The van der Waals surface area contributed by atoms with Gasteiger partial charge < -0.3 is 5.11 Å². The zero-order valence-corrected chi connectivity index (χ0v) is 9.91. The lowest BCUT2D eigenvalue weighted by atomic mass is 10.0. The second-order valence-corrected chi connectivity index (χ2v) is 4.32. The van der Waals surface area contributed by atoms with Crippen molar-refractivity contribution in [3.8, 4) is 0 Å². The van der Waals surface area contributed by atoms with Gasteiger partial charge >= 0.3 is 0 Å². The summed E-state index contributed by atoms with van der Waals surface area (Å²) in [6.45, 7) is 0. The number of hydrogen-bond acceptors (Lipinski definition) is 1. The SMILES string of the molecule is O[C@H](c1ccccc1)c1ccc(Cl)cc1Cl. The molecule has 0 aliphatic rings. The van der Waals surface area contributed by atoms with E-state index in [2.05, 4.69) is 0 Å². The van der Waals surface area contributed by atoms with Gasteiger partial charge in [0.15, 0.2) is 0 Å². The second kappa shape index (κ2) is 4.88. The van der Waals surface area contributed by atoms with Gasteiger partial charge in [0.2, 0.25) is 0 Å². The highest BCUT2D eigenvalue weighted by Gasteiger charge is 2.13. The van der Waals surface area contributed by atoms with Gasteiger partial charge in [0.1, 0.15) is 6.10 Å². The first-order valence-electron chi connectivity index (χ1n) is 4.86. The highest BCUT2D eigenvalue weighted by Crippen LogP contribution is 2.30. The average molecular weight is 253 g/mol. The summed E-state index contributed by atoms with van der Waals surface area (Å²) in [6, 6.07) is 14.5. The lowest BCUT2D eigenvalue weighted by Crippen LogP contribution is -1.99. The molecule has 0 unspecified atom stereocenters. The second-order valence-electron chi connectivity index (χ2n) is 3.48. The van der Waals surface area contributed by atoms with Crippen molar-refractivity contribution in [2.45, 2.75) is 6.10 Å². The lowest BCUT2D eigenvalue weighted by Gasteiger charge is -2.13. The van der Waals surface area contributed by atoms with E-state index in [1.165, 1.54) is 0 Å². The molecular formula is C13H10Cl2O. The highest BCUT2D eigenvalue weighted by atomic mass is 35.5. The fourth-order valence-corrected chi connectivity index (χ4v) is 2.05. The molecule has 0 aliphatic carbocycles. The summed E-state index contributed by atoms with van der Waals surface area (Å²) < 4.78 is 0. The van der Waals surface area contributed by atoms with E-state index < -0.39 is 6.10 Å². The van der Waals surface area contributed by atoms with Crippen LogP contribution in [0.3, 0.4) is 0 Å². The Kier molecular flexibility index (Phi) is 3.49. The third-order valence-corrected chi connectivity index (χ3v) is 2.93. The van der Waals surface area contributed by atoms with Crippen molar-refractivity contribution >= 4 is 23.2 Å². The zero-order chi connectivity index (χ0) is 11.5. The van der Waals surface area contributed by atoms with Crippen LogP contribution < -0.4 is 0 Å². The third-order valence-electron chi connectivity index (χ3n) is 2.37. The number of aliphatic hydroxyl groups is 1. The van der Waals surface area contributed by atoms with E-state index in [1.54, 1.807) is 18.2 Å². The molecule has 0 amide bonds. The molecule has 0 bridgehead atoms. The Balaban J connectivity index is 2.38. The maximum atomic E-state index is 10.1. The topological polar surface area (TPSA) is 20.2 Å². The van der Waals surface area contributed by atoms with E-state index >= 15 is 0 Å². The molecule has 0 fully saturated rings. The molecule has 0 saturated carbocycles. The van der Waals surface area contributed by atoms with Crippen LogP contribution in [0.4, 0.5) is 0 Å². The van der Waals surface area contributed by atoms with Crippen molar-refractivity contribution in [3.05, 3.63) is 69.7 Å². The molecule has 2 aromatic rings. The minimum atomic E-state index is -0.717. The Morgan fingerprint density at radius 1 is 0.938 bits per heavy atom. The summed E-state index contributed by atoms with van der Waals surface area (Å²) in [5, 5.41) is 11.2. The molecule has 2 rings (SSSR count). The van der Waals surface area contributed by atoms with Crippen LogP contribution >= 0.6 is 23.2 Å². The Labute approximate surface area is 104 Å². The van der Waals surface area contributed by atoms with E-state index in [0.717, 1.165) is 5.56 Å². The van der Waals surface area contributed by atoms with Gasteiger partial charge in [-0.3, -0.25) is 0 Å². The highest BCUT2D eigenvalue weighted by molar-refractivity contribution is 6.35. The summed E-state index contributed by atoms with van der Waals surface area (Å²) in [5.41, 5.74) is 1.48. The van der Waals surface area contributed by atoms with Gasteiger partial charge in [0.25, 0.3) is 0 Å². The first-order chi connectivity index (χ1) is 7.68. The summed E-state index contributed by atoms with van der Waals surface area (Å²) in [6.07, 6.45) is -0.717. The van der Waals surface area contributed by atoms with Crippen molar-refractivity contribution in [2.24, 2.45) is 0 Å². The number of benzene rings is 2. The molecule has 0 spiro atoms. The molecule has 0 aliphatic heterocycles. The van der Waals surface area contributed by atoms with Crippen molar-refractivity contribution in [3.63, 3.8) is 0 Å². The molecule has 3 heteroatoms. The molecule has 2 aromatic carbocycles. The van der Waals surface area contributed by atoms with E-state index in [0.29, 0.717) is 15.6 Å². The zero-order valence-electron chi connectivity index (χ0n) is 8.40. The summed E-state index contributed by atoms with van der Waals surface area (Å²) in [7, 11) is 0. The average Bonchev–Trinajstić information content (AvgIpc) is 2.29. The molecule has 82 valence electrons. The van der Waals surface area contributed by atoms with Gasteiger partial charge in [0, 0.05) is 15.6 Å². The van der Waals surface area contributed by atoms with E-state index in [-0.39, 0.29) is 0 Å². The summed E-state index contributed by atoms with van der Waals surface area (Å²) >= 11 is 11.8. The van der Waals surface area contributed by atoms with Crippen molar-refractivity contribution in [2.75, 3.05) is 0 Å². The fourth-order valence-electron chi connectivity index (χ4n) is 1.54. The molecular weight excluding hydrogens is 243 g/mol. The minimum absolute atomic E-state index is 0.476. The van der Waals surface area contributed by atoms with Gasteiger partial charge in [-0.05, 0) is 17.7 Å². The van der Waals surface area contributed by atoms with Crippen LogP contribution in [0.1, 0.15) is 17.2 Å². The number of rotatable bonds is 2. The molecule has 1 atom stereocenters. The predicted molar refractivity (Wildman–Crippen MR) is 67.0 cm³/mol. The van der Waals surface area contributed by atoms with Gasteiger partial charge in [-0.2, -0.15) is 0 Å². The lowest BCUT2D eigenvalue weighted by molar-refractivity contribution is 0.220. The number of halogens is 2. The summed E-state index contributed by atoms with van der Waals surface area (Å²) in [5.74, 6) is 0. The van der Waals surface area contributed by atoms with E-state index in [4.69, 9.17) is 23.2 Å². The molecule has 16 heavy (non-hydrogen) atoms. The molecule has 0 saturated heterocycles. The van der Waals surface area contributed by atoms with Crippen LogP contribution in [0.5, 0.6) is 0 Å². The van der Waals surface area contributed by atoms with Crippen molar-refractivity contribution in [1.82, 2.24) is 0 Å². The van der Waals surface area contributed by atoms with Crippen LogP contribution in [0, 0.1) is 0 Å². The van der Waals surface area contributed by atoms with Gasteiger partial charge in [0.05, 0.1) is 0 Å². The predicted octanol–water partition coefficient (Wildman–Crippen LogP) is 4.08. The molecule has 1 nitrogen and oxygen atoms in total. The van der Waals surface area contributed by atoms with Gasteiger partial charge in [-0.15, -0.1) is 0 Å². The van der Waals surface area contributed by atoms with Crippen molar-refractivity contribution in [1.29, 1.82) is 0 Å². The van der Waals surface area contributed by atoms with Crippen LogP contribution in [-0.4, -0.2) is 5.11 Å². The third kappa shape index (κ3) is 2.38. The Hall–Kier alpha value is -1.02. The first-order valence-corrected chi connectivity index (χ1v) is 5.62. The van der Waals surface area contributed by atoms with Crippen LogP contribution in [-0.2, 0) is 0 Å². The molecule has 1 N–H and O–H groups in total. The summed E-state index contributed by atoms with van der Waals surface area (Å²) in [4.78, 5) is 0. The number of hydrogen-bond donors (Lipinski definition) is 1. The van der Waals surface area contributed by atoms with Gasteiger partial charge in [-0.25, -0.2) is 0 Å². The fraction of sp³-hybridized carbons (Fsp3) is 0.0769. The minimum Gasteiger partial charge on any atom is -0.384 e.